The Morgan fingerprint density at radius 1 is 1.24 bits per heavy atom. The number of fused-ring (bicyclic) bond motifs is 1. The van der Waals surface area contributed by atoms with Crippen LogP contribution in [0.1, 0.15) is 31.2 Å². The van der Waals surface area contributed by atoms with Gasteiger partial charge < -0.3 is 16.2 Å². The van der Waals surface area contributed by atoms with E-state index in [0.717, 1.165) is 25.7 Å². The van der Waals surface area contributed by atoms with Crippen LogP contribution in [0.3, 0.4) is 0 Å². The first-order chi connectivity index (χ1) is 10.2. The molecule has 4 N–H and O–H groups in total. The van der Waals surface area contributed by atoms with Crippen LogP contribution in [0.2, 0.25) is 0 Å². The van der Waals surface area contributed by atoms with Crippen LogP contribution in [0.15, 0.2) is 12.4 Å². The lowest BCUT2D eigenvalue weighted by molar-refractivity contribution is 0.126. The molecule has 1 fully saturated rings. The fraction of sp³-hybridized carbons (Fsp3) is 0.429. The lowest BCUT2D eigenvalue weighted by Crippen LogP contribution is -2.28. The summed E-state index contributed by atoms with van der Waals surface area (Å²) in [5, 5.41) is 22.5. The van der Waals surface area contributed by atoms with Crippen molar-refractivity contribution in [2.24, 2.45) is 0 Å². The first kappa shape index (κ1) is 13.5. The van der Waals surface area contributed by atoms with Gasteiger partial charge in [-0.05, 0) is 25.7 Å². The normalized spacial score (nSPS) is 21.9. The average molecular weight is 284 g/mol. The summed E-state index contributed by atoms with van der Waals surface area (Å²) < 4.78 is 0. The fourth-order valence-electron chi connectivity index (χ4n) is 2.59. The van der Waals surface area contributed by atoms with Crippen molar-refractivity contribution in [2.75, 3.05) is 11.1 Å². The number of aliphatic hydroxyl groups is 1. The van der Waals surface area contributed by atoms with Crippen LogP contribution in [0.5, 0.6) is 0 Å². The third kappa shape index (κ3) is 2.71. The quantitative estimate of drug-likeness (QED) is 0.757. The Morgan fingerprint density at radius 2 is 2.00 bits per heavy atom. The molecule has 0 aliphatic heterocycles. The lowest BCUT2D eigenvalue weighted by Gasteiger charge is -2.26. The number of aromatic nitrogens is 3. The molecule has 0 aromatic carbocycles. The van der Waals surface area contributed by atoms with E-state index in [2.05, 4.69) is 26.3 Å². The molecule has 2 heterocycles. The minimum atomic E-state index is -0.198. The molecule has 0 spiro atoms. The van der Waals surface area contributed by atoms with Crippen LogP contribution in [0.4, 0.5) is 11.8 Å². The van der Waals surface area contributed by atoms with Gasteiger partial charge in [0.1, 0.15) is 11.9 Å². The number of nitriles is 1. The zero-order valence-electron chi connectivity index (χ0n) is 11.5. The maximum absolute atomic E-state index is 9.52. The number of pyridine rings is 1. The van der Waals surface area contributed by atoms with Gasteiger partial charge in [-0.15, -0.1) is 0 Å². The zero-order chi connectivity index (χ0) is 14.8. The van der Waals surface area contributed by atoms with Gasteiger partial charge >= 0.3 is 0 Å². The third-order valence-electron chi connectivity index (χ3n) is 3.80. The van der Waals surface area contributed by atoms with Gasteiger partial charge in [0.25, 0.3) is 0 Å². The first-order valence-electron chi connectivity index (χ1n) is 6.93. The molecule has 0 atom stereocenters. The molecule has 0 amide bonds. The minimum Gasteiger partial charge on any atom is -0.393 e. The summed E-state index contributed by atoms with van der Waals surface area (Å²) >= 11 is 0. The van der Waals surface area contributed by atoms with Crippen molar-refractivity contribution >= 4 is 22.7 Å². The van der Waals surface area contributed by atoms with Crippen molar-refractivity contribution in [3.05, 3.63) is 18.0 Å². The molecule has 0 saturated heterocycles. The van der Waals surface area contributed by atoms with Crippen LogP contribution in [0, 0.1) is 11.3 Å². The summed E-state index contributed by atoms with van der Waals surface area (Å²) in [6.07, 6.45) is 6.14. The van der Waals surface area contributed by atoms with E-state index in [1.165, 1.54) is 6.20 Å². The standard InChI is InChI=1S/C14H16N6O/c15-5-8-6-17-13(16)11-7-18-14(20-12(8)11)19-9-1-3-10(21)4-2-9/h6-7,9-10,21H,1-4H2,(H2,16,17)(H,18,19,20)/t9-,10-. The Balaban J connectivity index is 1.89. The molecule has 108 valence electrons. The van der Waals surface area contributed by atoms with Gasteiger partial charge in [0.05, 0.1) is 22.6 Å². The molecule has 7 heteroatoms. The van der Waals surface area contributed by atoms with Crippen LogP contribution >= 0.6 is 0 Å². The molecule has 1 aliphatic carbocycles. The number of rotatable bonds is 2. The van der Waals surface area contributed by atoms with Gasteiger partial charge in [0.15, 0.2) is 0 Å². The molecular formula is C14H16N6O. The summed E-state index contributed by atoms with van der Waals surface area (Å²) in [4.78, 5) is 12.6. The average Bonchev–Trinajstić information content (AvgIpc) is 2.50. The van der Waals surface area contributed by atoms with Crippen molar-refractivity contribution in [1.29, 1.82) is 5.26 Å². The van der Waals surface area contributed by atoms with Crippen LogP contribution in [-0.4, -0.2) is 32.2 Å². The highest BCUT2D eigenvalue weighted by atomic mass is 16.3. The number of nitrogens with zero attached hydrogens (tertiary/aromatic N) is 4. The van der Waals surface area contributed by atoms with E-state index in [0.29, 0.717) is 28.2 Å². The van der Waals surface area contributed by atoms with Gasteiger partial charge in [-0.25, -0.2) is 15.0 Å². The first-order valence-corrected chi connectivity index (χ1v) is 6.93. The molecule has 7 nitrogen and oxygen atoms in total. The van der Waals surface area contributed by atoms with Gasteiger partial charge in [-0.3, -0.25) is 0 Å². The fourth-order valence-corrected chi connectivity index (χ4v) is 2.59. The van der Waals surface area contributed by atoms with E-state index in [9.17, 15) is 5.11 Å². The van der Waals surface area contributed by atoms with Crippen molar-refractivity contribution in [2.45, 2.75) is 37.8 Å². The number of hydrogen-bond acceptors (Lipinski definition) is 7. The van der Waals surface area contributed by atoms with Crippen LogP contribution in [-0.2, 0) is 0 Å². The molecule has 2 aromatic rings. The van der Waals surface area contributed by atoms with Crippen LogP contribution < -0.4 is 11.1 Å². The number of anilines is 2. The van der Waals surface area contributed by atoms with Gasteiger partial charge in [0, 0.05) is 18.4 Å². The van der Waals surface area contributed by atoms with E-state index in [1.54, 1.807) is 6.20 Å². The molecule has 21 heavy (non-hydrogen) atoms. The predicted molar refractivity (Wildman–Crippen MR) is 78.3 cm³/mol. The maximum atomic E-state index is 9.52. The monoisotopic (exact) mass is 284 g/mol. The topological polar surface area (TPSA) is 121 Å². The number of nitrogen functional groups attached to an aromatic ring is 1. The third-order valence-corrected chi connectivity index (χ3v) is 3.80. The van der Waals surface area contributed by atoms with E-state index in [-0.39, 0.29) is 12.1 Å². The van der Waals surface area contributed by atoms with Gasteiger partial charge in [-0.1, -0.05) is 0 Å². The van der Waals surface area contributed by atoms with Gasteiger partial charge in [-0.2, -0.15) is 5.26 Å². The molecule has 0 radical (unpaired) electrons. The number of hydrogen-bond donors (Lipinski definition) is 3. The molecule has 3 rings (SSSR count). The summed E-state index contributed by atoms with van der Waals surface area (Å²) in [5.41, 5.74) is 6.67. The molecule has 0 bridgehead atoms. The Morgan fingerprint density at radius 3 is 2.71 bits per heavy atom. The molecule has 1 saturated carbocycles. The van der Waals surface area contributed by atoms with E-state index >= 15 is 0 Å². The second-order valence-electron chi connectivity index (χ2n) is 5.27. The Kier molecular flexibility index (Phi) is 3.54. The Labute approximate surface area is 121 Å². The van der Waals surface area contributed by atoms with Crippen molar-refractivity contribution < 1.29 is 5.11 Å². The van der Waals surface area contributed by atoms with Gasteiger partial charge in [0.2, 0.25) is 5.95 Å². The summed E-state index contributed by atoms with van der Waals surface area (Å²) in [6, 6.07) is 2.31. The smallest absolute Gasteiger partial charge is 0.223 e. The molecule has 1 aliphatic rings. The Bertz CT molecular complexity index is 702. The predicted octanol–water partition coefficient (Wildman–Crippen LogP) is 1.19. The second kappa shape index (κ2) is 5.50. The zero-order valence-corrected chi connectivity index (χ0v) is 11.5. The largest absolute Gasteiger partial charge is 0.393 e. The van der Waals surface area contributed by atoms with Crippen molar-refractivity contribution in [1.82, 2.24) is 15.0 Å². The lowest BCUT2D eigenvalue weighted by atomic mass is 9.93. The number of nitrogens with one attached hydrogen (secondary N) is 1. The SMILES string of the molecule is N#Cc1cnc(N)c2cnc(N[C@H]3CC[C@H](O)CC3)nc12. The minimum absolute atomic E-state index is 0.198. The van der Waals surface area contributed by atoms with Crippen molar-refractivity contribution in [3.63, 3.8) is 0 Å². The maximum Gasteiger partial charge on any atom is 0.223 e. The number of aliphatic hydroxyl groups excluding tert-OH is 1. The highest BCUT2D eigenvalue weighted by molar-refractivity contribution is 5.91. The van der Waals surface area contributed by atoms with Crippen molar-refractivity contribution in [3.8, 4) is 6.07 Å². The van der Waals surface area contributed by atoms with Crippen LogP contribution in [0.25, 0.3) is 10.9 Å². The highest BCUT2D eigenvalue weighted by Gasteiger charge is 2.20. The number of nitrogens with two attached hydrogens (primary N) is 1. The molecule has 2 aromatic heterocycles. The molecule has 0 unspecified atom stereocenters. The summed E-state index contributed by atoms with van der Waals surface area (Å²) in [5.74, 6) is 0.794. The Hall–Kier alpha value is -2.46. The van der Waals surface area contributed by atoms with E-state index in [1.807, 2.05) is 0 Å². The second-order valence-corrected chi connectivity index (χ2v) is 5.27. The summed E-state index contributed by atoms with van der Waals surface area (Å²) in [7, 11) is 0. The van der Waals surface area contributed by atoms with E-state index < -0.39 is 0 Å². The van der Waals surface area contributed by atoms with E-state index in [4.69, 9.17) is 11.0 Å². The highest BCUT2D eigenvalue weighted by Crippen LogP contribution is 2.23. The molecular weight excluding hydrogens is 268 g/mol. The summed E-state index contributed by atoms with van der Waals surface area (Å²) in [6.45, 7) is 0.